The quantitative estimate of drug-likeness (QED) is 0.443. The Balaban J connectivity index is 2.10. The Morgan fingerprint density at radius 1 is 1.35 bits per heavy atom. The fraction of sp³-hybridized carbons (Fsp3) is 0.421. The molecule has 1 aliphatic heterocycles. The topological polar surface area (TPSA) is 72.7 Å². The molecular formula is C19H21ClN2O4. The van der Waals surface area contributed by atoms with Gasteiger partial charge in [-0.1, -0.05) is 0 Å². The molecule has 0 radical (unpaired) electrons. The maximum Gasteiger partial charge on any atom is 0.282 e. The van der Waals surface area contributed by atoms with Crippen LogP contribution in [0.3, 0.4) is 0 Å². The molecular weight excluding hydrogens is 356 g/mol. The molecule has 0 bridgehead atoms. The number of carbonyl (C=O) groups is 1. The molecule has 1 aliphatic rings. The predicted molar refractivity (Wildman–Crippen MR) is 101 cm³/mol. The van der Waals surface area contributed by atoms with Gasteiger partial charge in [0, 0.05) is 18.7 Å². The van der Waals surface area contributed by atoms with E-state index in [-0.39, 0.29) is 23.2 Å². The lowest BCUT2D eigenvalue weighted by atomic mass is 10.0. The Morgan fingerprint density at radius 2 is 2.08 bits per heavy atom. The number of alkyl halides is 1. The lowest BCUT2D eigenvalue weighted by molar-refractivity contribution is -0.385. The number of nitro benzene ring substituents is 1. The largest absolute Gasteiger partial charge is 0.492 e. The number of ether oxygens (including phenoxy) is 1. The number of nitrogens with zero attached hydrogens (tertiary/aromatic N) is 2. The zero-order valence-electron chi connectivity index (χ0n) is 14.8. The van der Waals surface area contributed by atoms with E-state index in [1.807, 2.05) is 26.0 Å². The van der Waals surface area contributed by atoms with Crippen LogP contribution in [0.15, 0.2) is 24.3 Å². The van der Waals surface area contributed by atoms with Crippen LogP contribution in [0.1, 0.15) is 35.7 Å². The third kappa shape index (κ3) is 3.46. The van der Waals surface area contributed by atoms with Gasteiger partial charge in [-0.2, -0.15) is 0 Å². The molecule has 0 spiro atoms. The number of aryl methyl sites for hydroxylation is 1. The first-order valence-electron chi connectivity index (χ1n) is 8.65. The predicted octanol–water partition coefficient (Wildman–Crippen LogP) is 4.30. The van der Waals surface area contributed by atoms with E-state index in [2.05, 4.69) is 0 Å². The first-order valence-corrected chi connectivity index (χ1v) is 9.18. The van der Waals surface area contributed by atoms with E-state index in [0.29, 0.717) is 30.2 Å². The molecule has 0 aromatic heterocycles. The Morgan fingerprint density at radius 3 is 2.69 bits per heavy atom. The monoisotopic (exact) mass is 376 g/mol. The molecule has 7 heteroatoms. The van der Waals surface area contributed by atoms with Gasteiger partial charge in [0.25, 0.3) is 11.6 Å². The summed E-state index contributed by atoms with van der Waals surface area (Å²) < 4.78 is 5.63. The van der Waals surface area contributed by atoms with E-state index >= 15 is 0 Å². The van der Waals surface area contributed by atoms with E-state index in [9.17, 15) is 14.9 Å². The van der Waals surface area contributed by atoms with E-state index in [4.69, 9.17) is 16.3 Å². The van der Waals surface area contributed by atoms with Crippen LogP contribution >= 0.6 is 11.6 Å². The maximum absolute atomic E-state index is 12.9. The van der Waals surface area contributed by atoms with Gasteiger partial charge in [-0.15, -0.1) is 11.6 Å². The van der Waals surface area contributed by atoms with Crippen molar-refractivity contribution >= 4 is 34.0 Å². The summed E-state index contributed by atoms with van der Waals surface area (Å²) in [4.78, 5) is 25.7. The molecule has 0 N–H and O–H groups in total. The number of hydrogen-bond acceptors (Lipinski definition) is 4. The third-order valence-corrected chi connectivity index (χ3v) is 4.98. The highest BCUT2D eigenvalue weighted by Gasteiger charge is 2.31. The molecule has 3 rings (SSSR count). The molecule has 1 fully saturated rings. The molecule has 1 atom stereocenters. The minimum absolute atomic E-state index is 0.0958. The van der Waals surface area contributed by atoms with E-state index in [1.165, 1.54) is 6.07 Å². The van der Waals surface area contributed by atoms with Gasteiger partial charge in [-0.25, -0.2) is 0 Å². The highest BCUT2D eigenvalue weighted by molar-refractivity contribution is 6.18. The molecule has 2 aromatic rings. The summed E-state index contributed by atoms with van der Waals surface area (Å²) in [5.41, 5.74) is 0.836. The van der Waals surface area contributed by atoms with Crippen LogP contribution in [-0.4, -0.2) is 40.8 Å². The van der Waals surface area contributed by atoms with Gasteiger partial charge in [0.15, 0.2) is 0 Å². The van der Waals surface area contributed by atoms with Crippen LogP contribution in [-0.2, 0) is 0 Å². The SMILES string of the molecule is Cc1cc2cc([N+](=O)[O-])c(C(=O)N3CCC[C@H]3C)cc2cc1OCCCl. The van der Waals surface area contributed by atoms with Crippen LogP contribution in [0.4, 0.5) is 5.69 Å². The molecule has 138 valence electrons. The van der Waals surface area contributed by atoms with Crippen molar-refractivity contribution in [3.8, 4) is 5.75 Å². The van der Waals surface area contributed by atoms with Crippen molar-refractivity contribution in [2.45, 2.75) is 32.7 Å². The lowest BCUT2D eigenvalue weighted by Crippen LogP contribution is -2.34. The molecule has 0 aliphatic carbocycles. The first kappa shape index (κ1) is 18.5. The van der Waals surface area contributed by atoms with Crippen LogP contribution in [0.5, 0.6) is 5.75 Å². The molecule has 0 unspecified atom stereocenters. The van der Waals surface area contributed by atoms with Crippen molar-refractivity contribution in [3.05, 3.63) is 45.5 Å². The van der Waals surface area contributed by atoms with Crippen molar-refractivity contribution < 1.29 is 14.5 Å². The van der Waals surface area contributed by atoms with Gasteiger partial charge < -0.3 is 9.64 Å². The molecule has 0 saturated carbocycles. The van der Waals surface area contributed by atoms with Crippen molar-refractivity contribution in [2.24, 2.45) is 0 Å². The Hall–Kier alpha value is -2.34. The summed E-state index contributed by atoms with van der Waals surface area (Å²) in [7, 11) is 0. The van der Waals surface area contributed by atoms with Gasteiger partial charge in [0.1, 0.15) is 17.9 Å². The first-order chi connectivity index (χ1) is 12.4. The van der Waals surface area contributed by atoms with Gasteiger partial charge in [-0.05, 0) is 61.2 Å². The summed E-state index contributed by atoms with van der Waals surface area (Å²) in [5.74, 6) is 0.751. The number of fused-ring (bicyclic) bond motifs is 1. The lowest BCUT2D eigenvalue weighted by Gasteiger charge is -2.21. The molecule has 1 amide bonds. The third-order valence-electron chi connectivity index (χ3n) is 4.82. The average molecular weight is 377 g/mol. The van der Waals surface area contributed by atoms with Crippen LogP contribution in [0.2, 0.25) is 0 Å². The van der Waals surface area contributed by atoms with Gasteiger partial charge in [0.2, 0.25) is 0 Å². The van der Waals surface area contributed by atoms with Crippen LogP contribution in [0.25, 0.3) is 10.8 Å². The number of halogens is 1. The number of amides is 1. The van der Waals surface area contributed by atoms with Crippen LogP contribution < -0.4 is 4.74 Å². The summed E-state index contributed by atoms with van der Waals surface area (Å²) in [6.07, 6.45) is 1.84. The fourth-order valence-corrected chi connectivity index (χ4v) is 3.52. The standard InChI is InChI=1S/C19H21ClN2O4/c1-12-8-14-10-17(22(24)25)16(19(23)21-6-3-4-13(21)2)9-15(14)11-18(12)26-7-5-20/h8-11,13H,3-7H2,1-2H3/t13-/m1/s1. The van der Waals surface area contributed by atoms with Crippen LogP contribution in [0, 0.1) is 17.0 Å². The normalized spacial score (nSPS) is 16.9. The van der Waals surface area contributed by atoms with Gasteiger partial charge in [-0.3, -0.25) is 14.9 Å². The highest BCUT2D eigenvalue weighted by Crippen LogP contribution is 2.33. The molecule has 26 heavy (non-hydrogen) atoms. The minimum Gasteiger partial charge on any atom is -0.492 e. The molecule has 6 nitrogen and oxygen atoms in total. The smallest absolute Gasteiger partial charge is 0.282 e. The van der Waals surface area contributed by atoms with Crippen molar-refractivity contribution in [1.82, 2.24) is 4.90 Å². The zero-order chi connectivity index (χ0) is 18.8. The Bertz CT molecular complexity index is 868. The number of benzene rings is 2. The molecule has 1 saturated heterocycles. The summed E-state index contributed by atoms with van der Waals surface area (Å²) in [5, 5.41) is 13.0. The van der Waals surface area contributed by atoms with E-state index < -0.39 is 4.92 Å². The number of likely N-dealkylation sites (tertiary alicyclic amines) is 1. The summed E-state index contributed by atoms with van der Waals surface area (Å²) >= 11 is 5.68. The van der Waals surface area contributed by atoms with E-state index in [0.717, 1.165) is 23.8 Å². The minimum atomic E-state index is -0.485. The molecule has 1 heterocycles. The van der Waals surface area contributed by atoms with Crippen molar-refractivity contribution in [3.63, 3.8) is 0 Å². The second kappa shape index (κ2) is 7.50. The van der Waals surface area contributed by atoms with E-state index in [1.54, 1.807) is 11.0 Å². The average Bonchev–Trinajstić information content (AvgIpc) is 3.04. The van der Waals surface area contributed by atoms with Crippen molar-refractivity contribution in [1.29, 1.82) is 0 Å². The second-order valence-corrected chi connectivity index (χ2v) is 7.00. The van der Waals surface area contributed by atoms with Gasteiger partial charge in [0.05, 0.1) is 10.8 Å². The Labute approximate surface area is 156 Å². The highest BCUT2D eigenvalue weighted by atomic mass is 35.5. The number of rotatable bonds is 5. The Kier molecular flexibility index (Phi) is 5.32. The summed E-state index contributed by atoms with van der Waals surface area (Å²) in [6, 6.07) is 6.82. The number of hydrogen-bond donors (Lipinski definition) is 0. The van der Waals surface area contributed by atoms with Gasteiger partial charge >= 0.3 is 0 Å². The maximum atomic E-state index is 12.9. The number of nitro groups is 1. The number of carbonyl (C=O) groups excluding carboxylic acids is 1. The summed E-state index contributed by atoms with van der Waals surface area (Å²) in [6.45, 7) is 4.85. The fourth-order valence-electron chi connectivity index (χ4n) is 3.45. The molecule has 2 aromatic carbocycles. The van der Waals surface area contributed by atoms with Crippen molar-refractivity contribution in [2.75, 3.05) is 19.0 Å². The second-order valence-electron chi connectivity index (χ2n) is 6.62. The zero-order valence-corrected chi connectivity index (χ0v) is 15.6.